The Hall–Kier alpha value is -4.15. The summed E-state index contributed by atoms with van der Waals surface area (Å²) in [6.45, 7) is 7.75. The van der Waals surface area contributed by atoms with Crippen molar-refractivity contribution in [3.05, 3.63) is 100 Å². The van der Waals surface area contributed by atoms with E-state index in [4.69, 9.17) is 0 Å². The van der Waals surface area contributed by atoms with Crippen LogP contribution in [-0.4, -0.2) is 44.6 Å². The van der Waals surface area contributed by atoms with E-state index in [1.165, 1.54) is 16.8 Å². The van der Waals surface area contributed by atoms with Crippen molar-refractivity contribution in [2.75, 3.05) is 40.1 Å². The van der Waals surface area contributed by atoms with Gasteiger partial charge in [-0.15, -0.1) is 0 Å². The number of hydrogen-bond acceptors (Lipinski definition) is 6. The first-order chi connectivity index (χ1) is 20.0. The minimum Gasteiger partial charge on any atom is -0.616 e. The van der Waals surface area contributed by atoms with Gasteiger partial charge in [-0.25, -0.2) is 9.37 Å². The minimum atomic E-state index is -0.754. The maximum Gasteiger partial charge on any atom is 0.293 e. The predicted octanol–water partition coefficient (Wildman–Crippen LogP) is 5.45. The Kier molecular flexibility index (Phi) is 8.38. The summed E-state index contributed by atoms with van der Waals surface area (Å²) in [6, 6.07) is 19.5. The molecule has 8 nitrogen and oxygen atoms in total. The lowest BCUT2D eigenvalue weighted by Crippen LogP contribution is -2.40. The predicted molar refractivity (Wildman–Crippen MR) is 168 cm³/mol. The van der Waals surface area contributed by atoms with Crippen molar-refractivity contribution in [1.82, 2.24) is 9.55 Å². The average molecular weight is 588 g/mol. The molecule has 1 aliphatic heterocycles. The van der Waals surface area contributed by atoms with Gasteiger partial charge in [-0.1, -0.05) is 50.1 Å². The Balaban J connectivity index is 1.36. The Morgan fingerprint density at radius 1 is 1.00 bits per heavy atom. The zero-order valence-corrected chi connectivity index (χ0v) is 24.9. The molecule has 0 spiro atoms. The lowest BCUT2D eigenvalue weighted by Gasteiger charge is -2.30. The normalized spacial score (nSPS) is 14.1. The second-order valence-corrected chi connectivity index (χ2v) is 13.0. The van der Waals surface area contributed by atoms with Gasteiger partial charge in [0, 0.05) is 35.7 Å². The fourth-order valence-corrected chi connectivity index (χ4v) is 5.80. The Bertz CT molecular complexity index is 1640. The van der Waals surface area contributed by atoms with E-state index in [9.17, 15) is 14.1 Å². The number of rotatable bonds is 6. The lowest BCUT2D eigenvalue weighted by atomic mass is 9.87. The van der Waals surface area contributed by atoms with Crippen LogP contribution in [0, 0.1) is 5.82 Å². The molecule has 0 saturated carbocycles. The number of amides is 1. The molecule has 0 radical (unpaired) electrons. The first kappa shape index (κ1) is 29.3. The van der Waals surface area contributed by atoms with Crippen LogP contribution in [0.2, 0.25) is 0 Å². The third kappa shape index (κ3) is 6.50. The number of benzene rings is 3. The summed E-state index contributed by atoms with van der Waals surface area (Å²) in [7, 11) is 1.58. The molecule has 218 valence electrons. The summed E-state index contributed by atoms with van der Waals surface area (Å²) in [4.78, 5) is 32.4. The van der Waals surface area contributed by atoms with E-state index in [0.29, 0.717) is 22.8 Å². The standard InChI is InChI=1S/C32H34FN5O3S/c1-32(2,3)22-10-8-21(9-11-22)30(39)36-26-7-5-6-25(28(26)33)27-20-37(4)31(40)29(35-27)34-23-12-14-24(15-13-23)38-16-18-42(41)19-17-38/h5-15,20H,16-19H2,1-4H3,(H,34,35)(H,36,39). The molecule has 10 heteroatoms. The average Bonchev–Trinajstić information content (AvgIpc) is 2.97. The zero-order chi connectivity index (χ0) is 30.0. The molecule has 0 bridgehead atoms. The third-order valence-corrected chi connectivity index (χ3v) is 8.56. The number of aromatic nitrogens is 2. The summed E-state index contributed by atoms with van der Waals surface area (Å²) < 4.78 is 28.7. The molecule has 2 heterocycles. The molecule has 4 aromatic rings. The summed E-state index contributed by atoms with van der Waals surface area (Å²) >= 11 is -0.754. The number of carbonyl (C=O) groups excluding carboxylic acids is 1. The third-order valence-electron chi connectivity index (χ3n) is 7.28. The highest BCUT2D eigenvalue weighted by Crippen LogP contribution is 2.28. The molecule has 0 aliphatic carbocycles. The van der Waals surface area contributed by atoms with Crippen LogP contribution in [0.5, 0.6) is 0 Å². The minimum absolute atomic E-state index is 0.0136. The van der Waals surface area contributed by atoms with Crippen LogP contribution in [0.1, 0.15) is 36.7 Å². The van der Waals surface area contributed by atoms with E-state index >= 15 is 4.39 Å². The Morgan fingerprint density at radius 3 is 2.31 bits per heavy atom. The quantitative estimate of drug-likeness (QED) is 0.291. The van der Waals surface area contributed by atoms with Gasteiger partial charge in [-0.3, -0.25) is 9.59 Å². The number of nitrogens with one attached hydrogen (secondary N) is 2. The van der Waals surface area contributed by atoms with Gasteiger partial charge in [0.1, 0.15) is 11.5 Å². The topological polar surface area (TPSA) is 102 Å². The van der Waals surface area contributed by atoms with Crippen molar-refractivity contribution in [3.8, 4) is 11.3 Å². The van der Waals surface area contributed by atoms with E-state index in [-0.39, 0.29) is 33.7 Å². The lowest BCUT2D eigenvalue weighted by molar-refractivity contribution is 0.102. The van der Waals surface area contributed by atoms with Crippen LogP contribution in [0.15, 0.2) is 77.7 Å². The zero-order valence-electron chi connectivity index (χ0n) is 24.1. The van der Waals surface area contributed by atoms with Crippen LogP contribution in [0.25, 0.3) is 11.3 Å². The summed E-state index contributed by atoms with van der Waals surface area (Å²) in [6.07, 6.45) is 1.46. The van der Waals surface area contributed by atoms with E-state index in [2.05, 4.69) is 41.3 Å². The van der Waals surface area contributed by atoms with E-state index in [0.717, 1.165) is 24.3 Å². The summed E-state index contributed by atoms with van der Waals surface area (Å²) in [5.74, 6) is 0.269. The number of aryl methyl sites for hydroxylation is 1. The van der Waals surface area contributed by atoms with Crippen molar-refractivity contribution < 1.29 is 13.7 Å². The Morgan fingerprint density at radius 2 is 1.67 bits per heavy atom. The molecule has 0 unspecified atom stereocenters. The highest BCUT2D eigenvalue weighted by molar-refractivity contribution is 7.91. The summed E-state index contributed by atoms with van der Waals surface area (Å²) in [5, 5.41) is 5.72. The molecule has 42 heavy (non-hydrogen) atoms. The number of nitrogens with zero attached hydrogens (tertiary/aromatic N) is 3. The Labute approximate surface area is 247 Å². The highest BCUT2D eigenvalue weighted by Gasteiger charge is 2.20. The maximum absolute atomic E-state index is 15.7. The van der Waals surface area contributed by atoms with E-state index in [1.54, 1.807) is 31.3 Å². The van der Waals surface area contributed by atoms with Gasteiger partial charge in [0.05, 0.1) is 24.5 Å². The van der Waals surface area contributed by atoms with Gasteiger partial charge in [-0.05, 0) is 59.5 Å². The molecular weight excluding hydrogens is 553 g/mol. The second kappa shape index (κ2) is 12.0. The molecule has 3 aromatic carbocycles. The van der Waals surface area contributed by atoms with Crippen LogP contribution in [0.4, 0.5) is 27.3 Å². The SMILES string of the molecule is Cn1cc(-c2cccc(NC(=O)c3ccc(C(C)(C)C)cc3)c2F)nc(Nc2ccc(N3CC[S+]([O-])CC3)cc2)c1=O. The van der Waals surface area contributed by atoms with Crippen LogP contribution >= 0.6 is 0 Å². The first-order valence-corrected chi connectivity index (χ1v) is 15.2. The largest absolute Gasteiger partial charge is 0.616 e. The monoisotopic (exact) mass is 587 g/mol. The van der Waals surface area contributed by atoms with Crippen molar-refractivity contribution in [2.24, 2.45) is 7.05 Å². The van der Waals surface area contributed by atoms with Crippen LogP contribution < -0.4 is 21.1 Å². The first-order valence-electron chi connectivity index (χ1n) is 13.7. The molecule has 5 rings (SSSR count). The van der Waals surface area contributed by atoms with Crippen molar-refractivity contribution >= 4 is 40.0 Å². The number of carbonyl (C=O) groups is 1. The molecular formula is C32H34FN5O3S. The molecule has 1 fully saturated rings. The van der Waals surface area contributed by atoms with Gasteiger partial charge in [0.15, 0.2) is 11.6 Å². The fourth-order valence-electron chi connectivity index (χ4n) is 4.75. The van der Waals surface area contributed by atoms with Gasteiger partial charge in [0.2, 0.25) is 0 Å². The number of halogens is 1. The van der Waals surface area contributed by atoms with Crippen molar-refractivity contribution in [3.63, 3.8) is 0 Å². The van der Waals surface area contributed by atoms with Crippen molar-refractivity contribution in [1.29, 1.82) is 0 Å². The van der Waals surface area contributed by atoms with Crippen molar-refractivity contribution in [2.45, 2.75) is 26.2 Å². The molecule has 1 saturated heterocycles. The molecule has 2 N–H and O–H groups in total. The van der Waals surface area contributed by atoms with Gasteiger partial charge >= 0.3 is 0 Å². The number of hydrogen-bond donors (Lipinski definition) is 2. The maximum atomic E-state index is 15.7. The fraction of sp³-hybridized carbons (Fsp3) is 0.281. The van der Waals surface area contributed by atoms with Gasteiger partial charge < -0.3 is 24.7 Å². The molecule has 1 aliphatic rings. The molecule has 1 aromatic heterocycles. The number of anilines is 4. The van der Waals surface area contributed by atoms with E-state index in [1.807, 2.05) is 36.4 Å². The van der Waals surface area contributed by atoms with Crippen LogP contribution in [0.3, 0.4) is 0 Å². The smallest absolute Gasteiger partial charge is 0.293 e. The highest BCUT2D eigenvalue weighted by atomic mass is 32.2. The molecule has 0 atom stereocenters. The van der Waals surface area contributed by atoms with E-state index < -0.39 is 22.9 Å². The molecule has 1 amide bonds. The van der Waals surface area contributed by atoms with Gasteiger partial charge in [-0.2, -0.15) is 0 Å². The summed E-state index contributed by atoms with van der Waals surface area (Å²) in [5.41, 5.74) is 3.15. The van der Waals surface area contributed by atoms with Gasteiger partial charge in [0.25, 0.3) is 11.5 Å². The second-order valence-electron chi connectivity index (χ2n) is 11.3. The van der Waals surface area contributed by atoms with Crippen LogP contribution in [-0.2, 0) is 23.6 Å².